The van der Waals surface area contributed by atoms with E-state index in [1.165, 1.54) is 9.75 Å². The Hall–Kier alpha value is -1.65. The van der Waals surface area contributed by atoms with Crippen LogP contribution in [0.25, 0.3) is 0 Å². The molecule has 0 saturated carbocycles. The summed E-state index contributed by atoms with van der Waals surface area (Å²) in [4.78, 5) is 14.4. The van der Waals surface area contributed by atoms with Gasteiger partial charge in [0.2, 0.25) is 5.91 Å². The van der Waals surface area contributed by atoms with E-state index in [4.69, 9.17) is 5.73 Å². The Morgan fingerprint density at radius 1 is 1.21 bits per heavy atom. The van der Waals surface area contributed by atoms with Crippen LogP contribution in [-0.2, 0) is 24.3 Å². The SMILES string of the molecule is Cc1ccc(CNC(=O)Cc2ccccc2CN)s1. The van der Waals surface area contributed by atoms with Crippen LogP contribution >= 0.6 is 11.3 Å². The van der Waals surface area contributed by atoms with Crippen molar-refractivity contribution < 1.29 is 4.79 Å². The maximum atomic E-state index is 11.9. The van der Waals surface area contributed by atoms with Crippen molar-refractivity contribution in [2.75, 3.05) is 0 Å². The van der Waals surface area contributed by atoms with Gasteiger partial charge < -0.3 is 11.1 Å². The molecule has 3 nitrogen and oxygen atoms in total. The van der Waals surface area contributed by atoms with Crippen LogP contribution in [0, 0.1) is 6.92 Å². The second-order valence-electron chi connectivity index (χ2n) is 4.44. The van der Waals surface area contributed by atoms with Crippen LogP contribution in [0.4, 0.5) is 0 Å². The predicted octanol–water partition coefficient (Wildman–Crippen LogP) is 2.37. The summed E-state index contributed by atoms with van der Waals surface area (Å²) in [5, 5.41) is 2.94. The number of aryl methyl sites for hydroxylation is 1. The van der Waals surface area contributed by atoms with Gasteiger partial charge in [0.15, 0.2) is 0 Å². The molecule has 0 fully saturated rings. The molecule has 2 aromatic rings. The first-order valence-corrected chi connectivity index (χ1v) is 7.09. The molecule has 0 spiro atoms. The molecule has 1 aromatic heterocycles. The van der Waals surface area contributed by atoms with Crippen LogP contribution in [0.15, 0.2) is 36.4 Å². The first-order chi connectivity index (χ1) is 9.19. The fourth-order valence-corrected chi connectivity index (χ4v) is 2.76. The quantitative estimate of drug-likeness (QED) is 0.879. The van der Waals surface area contributed by atoms with Crippen LogP contribution in [0.2, 0.25) is 0 Å². The van der Waals surface area contributed by atoms with Crippen molar-refractivity contribution in [2.45, 2.75) is 26.4 Å². The summed E-state index contributed by atoms with van der Waals surface area (Å²) in [5.41, 5.74) is 7.70. The zero-order valence-corrected chi connectivity index (χ0v) is 11.8. The van der Waals surface area contributed by atoms with Crippen LogP contribution in [0.5, 0.6) is 0 Å². The fraction of sp³-hybridized carbons (Fsp3) is 0.267. The topological polar surface area (TPSA) is 55.1 Å². The van der Waals surface area contributed by atoms with E-state index in [1.807, 2.05) is 30.3 Å². The normalized spacial score (nSPS) is 10.4. The molecule has 0 unspecified atom stereocenters. The minimum Gasteiger partial charge on any atom is -0.351 e. The summed E-state index contributed by atoms with van der Waals surface area (Å²) in [6.45, 7) is 3.13. The third kappa shape index (κ3) is 3.91. The lowest BCUT2D eigenvalue weighted by Crippen LogP contribution is -2.24. The van der Waals surface area contributed by atoms with Crippen molar-refractivity contribution in [1.82, 2.24) is 5.32 Å². The Kier molecular flexibility index (Phi) is 4.71. The number of hydrogen-bond acceptors (Lipinski definition) is 3. The highest BCUT2D eigenvalue weighted by Gasteiger charge is 2.07. The second kappa shape index (κ2) is 6.50. The molecule has 19 heavy (non-hydrogen) atoms. The van der Waals surface area contributed by atoms with Crippen LogP contribution in [0.3, 0.4) is 0 Å². The van der Waals surface area contributed by atoms with Gasteiger partial charge in [-0.15, -0.1) is 11.3 Å². The van der Waals surface area contributed by atoms with E-state index in [2.05, 4.69) is 18.3 Å². The molecule has 0 aliphatic carbocycles. The molecule has 1 aromatic carbocycles. The van der Waals surface area contributed by atoms with Crippen LogP contribution in [-0.4, -0.2) is 5.91 Å². The first kappa shape index (κ1) is 13.8. The molecule has 100 valence electrons. The highest BCUT2D eigenvalue weighted by atomic mass is 32.1. The van der Waals surface area contributed by atoms with E-state index < -0.39 is 0 Å². The summed E-state index contributed by atoms with van der Waals surface area (Å²) in [7, 11) is 0. The predicted molar refractivity (Wildman–Crippen MR) is 78.9 cm³/mol. The van der Waals surface area contributed by atoms with Gasteiger partial charge in [0.25, 0.3) is 0 Å². The number of hydrogen-bond donors (Lipinski definition) is 2. The van der Waals surface area contributed by atoms with Crippen molar-refractivity contribution >= 4 is 17.2 Å². The third-order valence-electron chi connectivity index (χ3n) is 2.95. The van der Waals surface area contributed by atoms with Gasteiger partial charge in [0.1, 0.15) is 0 Å². The molecule has 0 atom stereocenters. The van der Waals surface area contributed by atoms with Gasteiger partial charge in [-0.1, -0.05) is 24.3 Å². The minimum absolute atomic E-state index is 0.0342. The molecule has 0 radical (unpaired) electrons. The fourth-order valence-electron chi connectivity index (χ4n) is 1.93. The summed E-state index contributed by atoms with van der Waals surface area (Å²) in [6, 6.07) is 11.9. The molecular weight excluding hydrogens is 256 g/mol. The lowest BCUT2D eigenvalue weighted by Gasteiger charge is -2.07. The third-order valence-corrected chi connectivity index (χ3v) is 3.95. The van der Waals surface area contributed by atoms with Gasteiger partial charge in [0, 0.05) is 16.3 Å². The average Bonchev–Trinajstić information content (AvgIpc) is 2.83. The molecule has 3 N–H and O–H groups in total. The summed E-state index contributed by atoms with van der Waals surface area (Å²) in [6.07, 6.45) is 0.387. The number of amides is 1. The number of carbonyl (C=O) groups excluding carboxylic acids is 1. The minimum atomic E-state index is 0.0342. The van der Waals surface area contributed by atoms with Gasteiger partial charge in [-0.25, -0.2) is 0 Å². The molecule has 0 aliphatic rings. The van der Waals surface area contributed by atoms with Crippen molar-refractivity contribution in [1.29, 1.82) is 0 Å². The lowest BCUT2D eigenvalue weighted by atomic mass is 10.0. The smallest absolute Gasteiger partial charge is 0.224 e. The number of carbonyl (C=O) groups is 1. The zero-order chi connectivity index (χ0) is 13.7. The standard InChI is InChI=1S/C15H18N2OS/c1-11-6-7-14(19-11)10-17-15(18)8-12-4-2-3-5-13(12)9-16/h2-7H,8-10,16H2,1H3,(H,17,18). The molecule has 1 amide bonds. The van der Waals surface area contributed by atoms with Gasteiger partial charge >= 0.3 is 0 Å². The van der Waals surface area contributed by atoms with Crippen LogP contribution in [0.1, 0.15) is 20.9 Å². The molecule has 2 rings (SSSR count). The Morgan fingerprint density at radius 3 is 2.58 bits per heavy atom. The molecule has 0 aliphatic heterocycles. The Morgan fingerprint density at radius 2 is 1.95 bits per heavy atom. The van der Waals surface area contributed by atoms with Crippen molar-refractivity contribution in [3.05, 3.63) is 57.3 Å². The number of rotatable bonds is 5. The van der Waals surface area contributed by atoms with E-state index in [1.54, 1.807) is 11.3 Å². The monoisotopic (exact) mass is 274 g/mol. The summed E-state index contributed by atoms with van der Waals surface area (Å²) >= 11 is 1.71. The van der Waals surface area contributed by atoms with E-state index in [9.17, 15) is 4.79 Å². The maximum absolute atomic E-state index is 11.9. The maximum Gasteiger partial charge on any atom is 0.224 e. The number of benzene rings is 1. The van der Waals surface area contributed by atoms with Gasteiger partial charge in [0.05, 0.1) is 13.0 Å². The van der Waals surface area contributed by atoms with E-state index in [0.717, 1.165) is 11.1 Å². The Bertz CT molecular complexity index is 563. The van der Waals surface area contributed by atoms with E-state index >= 15 is 0 Å². The number of nitrogens with one attached hydrogen (secondary N) is 1. The highest BCUT2D eigenvalue weighted by molar-refractivity contribution is 7.11. The molecule has 0 saturated heterocycles. The summed E-state index contributed by atoms with van der Waals surface area (Å²) in [5.74, 6) is 0.0342. The van der Waals surface area contributed by atoms with Crippen molar-refractivity contribution in [3.8, 4) is 0 Å². The highest BCUT2D eigenvalue weighted by Crippen LogP contribution is 2.14. The largest absolute Gasteiger partial charge is 0.351 e. The van der Waals surface area contributed by atoms with E-state index in [-0.39, 0.29) is 5.91 Å². The van der Waals surface area contributed by atoms with Gasteiger partial charge in [-0.05, 0) is 30.2 Å². The zero-order valence-electron chi connectivity index (χ0n) is 11.0. The van der Waals surface area contributed by atoms with Gasteiger partial charge in [-0.3, -0.25) is 4.79 Å². The molecular formula is C15H18N2OS. The second-order valence-corrected chi connectivity index (χ2v) is 5.81. The summed E-state index contributed by atoms with van der Waals surface area (Å²) < 4.78 is 0. The Balaban J connectivity index is 1.90. The number of nitrogens with two attached hydrogens (primary N) is 1. The molecule has 4 heteroatoms. The number of thiophene rings is 1. The van der Waals surface area contributed by atoms with E-state index in [0.29, 0.717) is 19.5 Å². The average molecular weight is 274 g/mol. The van der Waals surface area contributed by atoms with Crippen molar-refractivity contribution in [2.24, 2.45) is 5.73 Å². The van der Waals surface area contributed by atoms with Crippen LogP contribution < -0.4 is 11.1 Å². The van der Waals surface area contributed by atoms with Crippen molar-refractivity contribution in [3.63, 3.8) is 0 Å². The molecule has 0 bridgehead atoms. The Labute approximate surface area is 117 Å². The first-order valence-electron chi connectivity index (χ1n) is 6.28. The van der Waals surface area contributed by atoms with Gasteiger partial charge in [-0.2, -0.15) is 0 Å². The lowest BCUT2D eigenvalue weighted by molar-refractivity contribution is -0.120. The molecule has 1 heterocycles.